The number of carbonyl (C=O) groups excluding carboxylic acids is 1. The van der Waals surface area contributed by atoms with Crippen molar-refractivity contribution in [2.45, 2.75) is 31.1 Å². The van der Waals surface area contributed by atoms with E-state index in [1.807, 2.05) is 29.6 Å². The average Bonchev–Trinajstić information content (AvgIpc) is 3.11. The number of pyridine rings is 1. The van der Waals surface area contributed by atoms with E-state index in [0.29, 0.717) is 13.0 Å². The Balaban J connectivity index is 1.37. The number of aromatic nitrogens is 2. The Morgan fingerprint density at radius 2 is 1.92 bits per heavy atom. The molecule has 4 nitrogen and oxygen atoms in total. The summed E-state index contributed by atoms with van der Waals surface area (Å²) in [5, 5.41) is 5.93. The van der Waals surface area contributed by atoms with E-state index in [4.69, 9.17) is 0 Å². The Labute approximate surface area is 157 Å². The second kappa shape index (κ2) is 7.38. The lowest BCUT2D eigenvalue weighted by Crippen LogP contribution is -2.45. The first-order valence-corrected chi connectivity index (χ1v) is 9.81. The first-order chi connectivity index (χ1) is 12.8. The van der Waals surface area contributed by atoms with Crippen LogP contribution in [0.2, 0.25) is 0 Å². The van der Waals surface area contributed by atoms with Gasteiger partial charge < -0.3 is 5.32 Å². The van der Waals surface area contributed by atoms with Crippen molar-refractivity contribution in [2.24, 2.45) is 0 Å². The van der Waals surface area contributed by atoms with Crippen molar-refractivity contribution in [3.63, 3.8) is 0 Å². The molecule has 0 unspecified atom stereocenters. The van der Waals surface area contributed by atoms with Gasteiger partial charge in [0.15, 0.2) is 0 Å². The van der Waals surface area contributed by atoms with Gasteiger partial charge in [-0.1, -0.05) is 42.8 Å². The normalized spacial score (nSPS) is 15.2. The molecule has 0 spiro atoms. The second-order valence-electron chi connectivity index (χ2n) is 6.81. The molecule has 4 rings (SSSR count). The highest BCUT2D eigenvalue weighted by Gasteiger charge is 2.38. The molecule has 1 N–H and O–H groups in total. The van der Waals surface area contributed by atoms with Crippen molar-refractivity contribution in [2.75, 3.05) is 6.54 Å². The lowest BCUT2D eigenvalue weighted by atomic mass is 9.64. The van der Waals surface area contributed by atoms with Crippen molar-refractivity contribution in [3.8, 4) is 10.7 Å². The summed E-state index contributed by atoms with van der Waals surface area (Å²) in [6.07, 6.45) is 5.57. The van der Waals surface area contributed by atoms with E-state index in [1.54, 1.807) is 6.20 Å². The molecule has 0 radical (unpaired) electrons. The van der Waals surface area contributed by atoms with Crippen molar-refractivity contribution < 1.29 is 4.79 Å². The molecule has 1 fully saturated rings. The number of rotatable bonds is 6. The minimum absolute atomic E-state index is 0.0325. The highest BCUT2D eigenvalue weighted by atomic mass is 32.1. The first kappa shape index (κ1) is 16.9. The topological polar surface area (TPSA) is 54.9 Å². The van der Waals surface area contributed by atoms with Crippen LogP contribution in [0.25, 0.3) is 10.7 Å². The van der Waals surface area contributed by atoms with Crippen LogP contribution in [0, 0.1) is 0 Å². The van der Waals surface area contributed by atoms with Gasteiger partial charge >= 0.3 is 0 Å². The van der Waals surface area contributed by atoms with Crippen LogP contribution in [-0.2, 0) is 16.6 Å². The standard InChI is InChI=1S/C21H21N3OS/c25-19(13-17-14-26-20(24-17)18-9-4-5-12-22-18)23-15-21(10-6-11-21)16-7-2-1-3-8-16/h1-5,7-9,12,14H,6,10-11,13,15H2,(H,23,25). The molecule has 3 aromatic rings. The van der Waals surface area contributed by atoms with Gasteiger partial charge in [0.05, 0.1) is 17.8 Å². The Morgan fingerprint density at radius 1 is 1.12 bits per heavy atom. The summed E-state index contributed by atoms with van der Waals surface area (Å²) in [4.78, 5) is 21.3. The molecule has 132 valence electrons. The summed E-state index contributed by atoms with van der Waals surface area (Å²) in [7, 11) is 0. The number of carbonyl (C=O) groups is 1. The molecule has 1 saturated carbocycles. The fraction of sp³-hybridized carbons (Fsp3) is 0.286. The van der Waals surface area contributed by atoms with Gasteiger partial charge in [-0.05, 0) is 30.5 Å². The first-order valence-electron chi connectivity index (χ1n) is 8.93. The summed E-state index contributed by atoms with van der Waals surface area (Å²) < 4.78 is 0. The quantitative estimate of drug-likeness (QED) is 0.720. The Hall–Kier alpha value is -2.53. The Kier molecular flexibility index (Phi) is 4.80. The van der Waals surface area contributed by atoms with Crippen LogP contribution >= 0.6 is 11.3 Å². The van der Waals surface area contributed by atoms with E-state index in [0.717, 1.165) is 29.2 Å². The Morgan fingerprint density at radius 3 is 2.62 bits per heavy atom. The molecule has 1 aromatic carbocycles. The van der Waals surface area contributed by atoms with Crippen molar-refractivity contribution in [1.82, 2.24) is 15.3 Å². The molecule has 2 aromatic heterocycles. The maximum Gasteiger partial charge on any atom is 0.226 e. The van der Waals surface area contributed by atoms with Crippen LogP contribution in [0.5, 0.6) is 0 Å². The fourth-order valence-electron chi connectivity index (χ4n) is 3.45. The van der Waals surface area contributed by atoms with Crippen molar-refractivity contribution in [3.05, 3.63) is 71.4 Å². The van der Waals surface area contributed by atoms with Crippen LogP contribution in [0.3, 0.4) is 0 Å². The SMILES string of the molecule is O=C(Cc1csc(-c2ccccn2)n1)NCC1(c2ccccc2)CCC1. The number of amides is 1. The zero-order valence-electron chi connectivity index (χ0n) is 14.5. The van der Waals surface area contributed by atoms with E-state index < -0.39 is 0 Å². The molecular formula is C21H21N3OS. The lowest BCUT2D eigenvalue weighted by molar-refractivity contribution is -0.120. The second-order valence-corrected chi connectivity index (χ2v) is 7.67. The molecular weight excluding hydrogens is 342 g/mol. The minimum atomic E-state index is 0.0325. The van der Waals surface area contributed by atoms with Crippen LogP contribution < -0.4 is 5.32 Å². The summed E-state index contributed by atoms with van der Waals surface area (Å²) in [6.45, 7) is 0.701. The van der Waals surface area contributed by atoms with Crippen molar-refractivity contribution in [1.29, 1.82) is 0 Å². The highest BCUT2D eigenvalue weighted by molar-refractivity contribution is 7.13. The third-order valence-electron chi connectivity index (χ3n) is 5.10. The third kappa shape index (κ3) is 3.53. The number of nitrogens with one attached hydrogen (secondary N) is 1. The van der Waals surface area contributed by atoms with Crippen LogP contribution in [0.1, 0.15) is 30.5 Å². The zero-order valence-corrected chi connectivity index (χ0v) is 15.3. The van der Waals surface area contributed by atoms with Crippen molar-refractivity contribution >= 4 is 17.2 Å². The predicted molar refractivity (Wildman–Crippen MR) is 104 cm³/mol. The molecule has 1 amide bonds. The van der Waals surface area contributed by atoms with Gasteiger partial charge in [0, 0.05) is 23.5 Å². The molecule has 0 saturated heterocycles. The van der Waals surface area contributed by atoms with Gasteiger partial charge in [-0.2, -0.15) is 0 Å². The van der Waals surface area contributed by atoms with E-state index in [9.17, 15) is 4.79 Å². The van der Waals surface area contributed by atoms with E-state index >= 15 is 0 Å². The van der Waals surface area contributed by atoms with Crippen LogP contribution in [0.15, 0.2) is 60.1 Å². The summed E-state index contributed by atoms with van der Waals surface area (Å²) in [6, 6.07) is 16.3. The smallest absolute Gasteiger partial charge is 0.226 e. The third-order valence-corrected chi connectivity index (χ3v) is 6.01. The summed E-state index contributed by atoms with van der Waals surface area (Å²) in [5.74, 6) is 0.0325. The monoisotopic (exact) mass is 363 g/mol. The lowest BCUT2D eigenvalue weighted by Gasteiger charge is -2.42. The Bertz CT molecular complexity index is 873. The van der Waals surface area contributed by atoms with Gasteiger partial charge in [-0.3, -0.25) is 9.78 Å². The number of thiazole rings is 1. The van der Waals surface area contributed by atoms with E-state index in [1.165, 1.54) is 23.3 Å². The average molecular weight is 363 g/mol. The molecule has 2 heterocycles. The molecule has 5 heteroatoms. The van der Waals surface area contributed by atoms with Crippen LogP contribution in [0.4, 0.5) is 0 Å². The molecule has 1 aliphatic carbocycles. The van der Waals surface area contributed by atoms with Gasteiger partial charge in [-0.15, -0.1) is 11.3 Å². The largest absolute Gasteiger partial charge is 0.355 e. The highest BCUT2D eigenvalue weighted by Crippen LogP contribution is 2.43. The molecule has 1 aliphatic rings. The number of benzene rings is 1. The fourth-order valence-corrected chi connectivity index (χ4v) is 4.25. The number of nitrogens with zero attached hydrogens (tertiary/aromatic N) is 2. The number of hydrogen-bond donors (Lipinski definition) is 1. The zero-order chi connectivity index (χ0) is 17.8. The summed E-state index contributed by atoms with van der Waals surface area (Å²) in [5.41, 5.74) is 3.09. The van der Waals surface area contributed by atoms with E-state index in [2.05, 4.69) is 39.6 Å². The molecule has 0 bridgehead atoms. The van der Waals surface area contributed by atoms with Gasteiger partial charge in [0.2, 0.25) is 5.91 Å². The molecule has 0 aliphatic heterocycles. The minimum Gasteiger partial charge on any atom is -0.355 e. The van der Waals surface area contributed by atoms with Gasteiger partial charge in [-0.25, -0.2) is 4.98 Å². The molecule has 26 heavy (non-hydrogen) atoms. The molecule has 0 atom stereocenters. The maximum absolute atomic E-state index is 12.4. The van der Waals surface area contributed by atoms with E-state index in [-0.39, 0.29) is 11.3 Å². The van der Waals surface area contributed by atoms with Gasteiger partial charge in [0.25, 0.3) is 0 Å². The van der Waals surface area contributed by atoms with Crippen LogP contribution in [-0.4, -0.2) is 22.4 Å². The van der Waals surface area contributed by atoms with Gasteiger partial charge in [0.1, 0.15) is 5.01 Å². The summed E-state index contributed by atoms with van der Waals surface area (Å²) >= 11 is 1.53. The number of hydrogen-bond acceptors (Lipinski definition) is 4. The predicted octanol–water partition coefficient (Wildman–Crippen LogP) is 3.99. The maximum atomic E-state index is 12.4.